The normalized spacial score (nSPS) is 21.8. The molecule has 2 atom stereocenters. The highest BCUT2D eigenvalue weighted by Crippen LogP contribution is 2.33. The Morgan fingerprint density at radius 3 is 2.39 bits per heavy atom. The van der Waals surface area contributed by atoms with Crippen molar-refractivity contribution >= 4 is 6.29 Å². The molecule has 0 saturated carbocycles. The van der Waals surface area contributed by atoms with Crippen molar-refractivity contribution in [3.05, 3.63) is 35.4 Å². The van der Waals surface area contributed by atoms with E-state index in [0.717, 1.165) is 24.8 Å². The molecule has 0 N–H and O–H groups in total. The second kappa shape index (κ2) is 5.10. The summed E-state index contributed by atoms with van der Waals surface area (Å²) in [7, 11) is 0. The van der Waals surface area contributed by atoms with Crippen molar-refractivity contribution in [2.24, 2.45) is 5.92 Å². The van der Waals surface area contributed by atoms with E-state index in [9.17, 15) is 18.0 Å². The molecule has 1 saturated heterocycles. The molecule has 2 rings (SSSR count). The zero-order chi connectivity index (χ0) is 13.2. The van der Waals surface area contributed by atoms with Gasteiger partial charge in [0.25, 0.3) is 0 Å². The number of rotatable bonds is 3. The SMILES string of the molecule is O=CC(c1ccc(C(F)(F)F)cc1)C1CCOC1. The van der Waals surface area contributed by atoms with Crippen LogP contribution in [0.15, 0.2) is 24.3 Å². The van der Waals surface area contributed by atoms with E-state index in [1.54, 1.807) is 0 Å². The number of halogens is 3. The van der Waals surface area contributed by atoms with Crippen molar-refractivity contribution in [3.8, 4) is 0 Å². The molecule has 0 radical (unpaired) electrons. The van der Waals surface area contributed by atoms with Gasteiger partial charge in [0, 0.05) is 12.5 Å². The number of hydrogen-bond donors (Lipinski definition) is 0. The minimum Gasteiger partial charge on any atom is -0.381 e. The Hall–Kier alpha value is -1.36. The molecule has 5 heteroatoms. The molecule has 1 aliphatic heterocycles. The quantitative estimate of drug-likeness (QED) is 0.779. The van der Waals surface area contributed by atoms with E-state index in [1.165, 1.54) is 12.1 Å². The van der Waals surface area contributed by atoms with Gasteiger partial charge in [-0.05, 0) is 30.0 Å². The van der Waals surface area contributed by atoms with Crippen LogP contribution in [0.5, 0.6) is 0 Å². The monoisotopic (exact) mass is 258 g/mol. The minimum atomic E-state index is -4.34. The van der Waals surface area contributed by atoms with Crippen molar-refractivity contribution < 1.29 is 22.7 Å². The summed E-state index contributed by atoms with van der Waals surface area (Å²) in [5.74, 6) is -0.311. The van der Waals surface area contributed by atoms with E-state index in [-0.39, 0.29) is 11.8 Å². The fourth-order valence-corrected chi connectivity index (χ4v) is 2.19. The number of alkyl halides is 3. The Morgan fingerprint density at radius 1 is 1.28 bits per heavy atom. The lowest BCUT2D eigenvalue weighted by atomic mass is 9.86. The van der Waals surface area contributed by atoms with Crippen LogP contribution in [-0.4, -0.2) is 19.5 Å². The summed E-state index contributed by atoms with van der Waals surface area (Å²) in [6, 6.07) is 4.78. The number of benzene rings is 1. The standard InChI is InChI=1S/C13H13F3O2/c14-13(15,16)11-3-1-9(2-4-11)12(7-17)10-5-6-18-8-10/h1-4,7,10,12H,5-6,8H2. The third-order valence-electron chi connectivity index (χ3n) is 3.24. The smallest absolute Gasteiger partial charge is 0.381 e. The van der Waals surface area contributed by atoms with E-state index >= 15 is 0 Å². The first-order chi connectivity index (χ1) is 8.52. The molecule has 18 heavy (non-hydrogen) atoms. The van der Waals surface area contributed by atoms with Crippen LogP contribution in [0.3, 0.4) is 0 Å². The summed E-state index contributed by atoms with van der Waals surface area (Å²) in [6.07, 6.45) is -2.78. The van der Waals surface area contributed by atoms with Crippen LogP contribution in [0.1, 0.15) is 23.5 Å². The molecule has 2 nitrogen and oxygen atoms in total. The van der Waals surface area contributed by atoms with E-state index in [1.807, 2.05) is 0 Å². The molecule has 0 amide bonds. The molecule has 98 valence electrons. The van der Waals surface area contributed by atoms with Crippen LogP contribution in [0.2, 0.25) is 0 Å². The summed E-state index contributed by atoms with van der Waals surface area (Å²) >= 11 is 0. The zero-order valence-corrected chi connectivity index (χ0v) is 9.61. The number of aldehydes is 1. The van der Waals surface area contributed by atoms with E-state index in [4.69, 9.17) is 4.74 Å². The van der Waals surface area contributed by atoms with Gasteiger partial charge in [-0.25, -0.2) is 0 Å². The Labute approximate surface area is 103 Å². The van der Waals surface area contributed by atoms with Gasteiger partial charge in [0.15, 0.2) is 0 Å². The minimum absolute atomic E-state index is 0.0687. The maximum absolute atomic E-state index is 12.4. The van der Waals surface area contributed by atoms with Gasteiger partial charge >= 0.3 is 6.18 Å². The Kier molecular flexibility index (Phi) is 3.71. The van der Waals surface area contributed by atoms with Gasteiger partial charge in [-0.1, -0.05) is 12.1 Å². The number of carbonyl (C=O) groups excluding carboxylic acids is 1. The lowest BCUT2D eigenvalue weighted by Crippen LogP contribution is -2.15. The second-order valence-electron chi connectivity index (χ2n) is 4.41. The summed E-state index contributed by atoms with van der Waals surface area (Å²) < 4.78 is 42.4. The van der Waals surface area contributed by atoms with Crippen LogP contribution < -0.4 is 0 Å². The average molecular weight is 258 g/mol. The first-order valence-corrected chi connectivity index (χ1v) is 5.72. The van der Waals surface area contributed by atoms with E-state index in [2.05, 4.69) is 0 Å². The summed E-state index contributed by atoms with van der Waals surface area (Å²) in [6.45, 7) is 1.10. The molecule has 1 fully saturated rings. The predicted molar refractivity (Wildman–Crippen MR) is 59.2 cm³/mol. The van der Waals surface area contributed by atoms with Crippen LogP contribution in [0.4, 0.5) is 13.2 Å². The largest absolute Gasteiger partial charge is 0.416 e. The van der Waals surface area contributed by atoms with Gasteiger partial charge < -0.3 is 9.53 Å². The van der Waals surface area contributed by atoms with Crippen LogP contribution in [0, 0.1) is 5.92 Å². The molecule has 2 unspecified atom stereocenters. The molecule has 0 bridgehead atoms. The van der Waals surface area contributed by atoms with Gasteiger partial charge in [0.1, 0.15) is 6.29 Å². The Morgan fingerprint density at radius 2 is 1.94 bits per heavy atom. The van der Waals surface area contributed by atoms with Gasteiger partial charge in [-0.3, -0.25) is 0 Å². The maximum atomic E-state index is 12.4. The Bertz CT molecular complexity index is 405. The zero-order valence-electron chi connectivity index (χ0n) is 9.61. The first-order valence-electron chi connectivity index (χ1n) is 5.72. The van der Waals surface area contributed by atoms with Crippen molar-refractivity contribution in [3.63, 3.8) is 0 Å². The van der Waals surface area contributed by atoms with Crippen LogP contribution >= 0.6 is 0 Å². The van der Waals surface area contributed by atoms with Gasteiger partial charge in [0.05, 0.1) is 12.2 Å². The second-order valence-corrected chi connectivity index (χ2v) is 4.41. The number of hydrogen-bond acceptors (Lipinski definition) is 2. The van der Waals surface area contributed by atoms with Gasteiger partial charge in [0.2, 0.25) is 0 Å². The van der Waals surface area contributed by atoms with Gasteiger partial charge in [-0.15, -0.1) is 0 Å². The topological polar surface area (TPSA) is 26.3 Å². The summed E-state index contributed by atoms with van der Waals surface area (Å²) in [4.78, 5) is 11.1. The molecule has 0 aromatic heterocycles. The van der Waals surface area contributed by atoms with Crippen molar-refractivity contribution in [1.82, 2.24) is 0 Å². The van der Waals surface area contributed by atoms with Crippen LogP contribution in [-0.2, 0) is 15.7 Å². The lowest BCUT2D eigenvalue weighted by Gasteiger charge is -2.17. The van der Waals surface area contributed by atoms with Gasteiger partial charge in [-0.2, -0.15) is 13.2 Å². The van der Waals surface area contributed by atoms with E-state index < -0.39 is 11.7 Å². The van der Waals surface area contributed by atoms with Crippen LogP contribution in [0.25, 0.3) is 0 Å². The fraction of sp³-hybridized carbons (Fsp3) is 0.462. The summed E-state index contributed by atoms with van der Waals surface area (Å²) in [5.41, 5.74) is -0.0768. The van der Waals surface area contributed by atoms with Crippen molar-refractivity contribution in [2.75, 3.05) is 13.2 Å². The summed E-state index contributed by atoms with van der Waals surface area (Å²) in [5, 5.41) is 0. The predicted octanol–water partition coefficient (Wildman–Crippen LogP) is 3.02. The van der Waals surface area contributed by atoms with Crippen molar-refractivity contribution in [1.29, 1.82) is 0 Å². The average Bonchev–Trinajstić information content (AvgIpc) is 2.83. The van der Waals surface area contributed by atoms with Crippen molar-refractivity contribution in [2.45, 2.75) is 18.5 Å². The molecular weight excluding hydrogens is 245 g/mol. The molecule has 1 aromatic rings. The number of ether oxygens (including phenoxy) is 1. The molecule has 0 spiro atoms. The molecule has 0 aliphatic carbocycles. The Balaban J connectivity index is 2.19. The van der Waals surface area contributed by atoms with E-state index in [0.29, 0.717) is 18.8 Å². The third kappa shape index (κ3) is 2.72. The molecule has 1 aliphatic rings. The lowest BCUT2D eigenvalue weighted by molar-refractivity contribution is -0.137. The molecule has 1 aromatic carbocycles. The fourth-order valence-electron chi connectivity index (χ4n) is 2.19. The third-order valence-corrected chi connectivity index (χ3v) is 3.24. The highest BCUT2D eigenvalue weighted by atomic mass is 19.4. The molecular formula is C13H13F3O2. The highest BCUT2D eigenvalue weighted by molar-refractivity contribution is 5.63. The molecule has 1 heterocycles. The number of carbonyl (C=O) groups is 1. The maximum Gasteiger partial charge on any atom is 0.416 e. The first kappa shape index (κ1) is 13.1. The highest BCUT2D eigenvalue weighted by Gasteiger charge is 2.31.